The van der Waals surface area contributed by atoms with Crippen LogP contribution in [0.4, 0.5) is 5.69 Å². The zero-order chi connectivity index (χ0) is 24.2. The lowest BCUT2D eigenvalue weighted by atomic mass is 10.1. The molecule has 1 aromatic heterocycles. The Morgan fingerprint density at radius 1 is 1.06 bits per heavy atom. The van der Waals surface area contributed by atoms with Crippen LogP contribution in [0.2, 0.25) is 0 Å². The summed E-state index contributed by atoms with van der Waals surface area (Å²) in [6.45, 7) is 7.95. The number of allylic oxidation sites excluding steroid dienone is 1. The number of amides is 1. The van der Waals surface area contributed by atoms with Gasteiger partial charge in [0.2, 0.25) is 5.91 Å². The van der Waals surface area contributed by atoms with Crippen molar-refractivity contribution in [1.82, 2.24) is 9.55 Å². The summed E-state index contributed by atoms with van der Waals surface area (Å²) in [5.74, 6) is 2.12. The van der Waals surface area contributed by atoms with Crippen LogP contribution in [0.5, 0.6) is 5.75 Å². The van der Waals surface area contributed by atoms with Crippen molar-refractivity contribution >= 4 is 22.6 Å². The molecule has 5 nitrogen and oxygen atoms in total. The summed E-state index contributed by atoms with van der Waals surface area (Å²) in [4.78, 5) is 19.9. The van der Waals surface area contributed by atoms with E-state index in [0.717, 1.165) is 58.8 Å². The third-order valence-electron chi connectivity index (χ3n) is 6.70. The van der Waals surface area contributed by atoms with E-state index in [2.05, 4.69) is 36.3 Å². The van der Waals surface area contributed by atoms with Gasteiger partial charge in [0, 0.05) is 31.1 Å². The Hall–Kier alpha value is -3.86. The number of hydrogen-bond donors (Lipinski definition) is 0. The van der Waals surface area contributed by atoms with E-state index in [1.165, 1.54) is 0 Å². The summed E-state index contributed by atoms with van der Waals surface area (Å²) in [6, 6.07) is 24.4. The first-order chi connectivity index (χ1) is 17.2. The van der Waals surface area contributed by atoms with Crippen molar-refractivity contribution in [1.29, 1.82) is 0 Å². The minimum Gasteiger partial charge on any atom is -0.493 e. The number of carbonyl (C=O) groups excluding carboxylic acids is 1. The number of fused-ring (bicyclic) bond motifs is 1. The molecule has 0 spiro atoms. The molecule has 35 heavy (non-hydrogen) atoms. The maximum absolute atomic E-state index is 13.0. The summed E-state index contributed by atoms with van der Waals surface area (Å²) in [7, 11) is 0. The number of aromatic nitrogens is 2. The van der Waals surface area contributed by atoms with Crippen molar-refractivity contribution in [2.45, 2.75) is 38.6 Å². The maximum atomic E-state index is 13.0. The van der Waals surface area contributed by atoms with Gasteiger partial charge in [0.1, 0.15) is 11.6 Å². The van der Waals surface area contributed by atoms with E-state index in [1.54, 1.807) is 0 Å². The van der Waals surface area contributed by atoms with E-state index < -0.39 is 0 Å². The second kappa shape index (κ2) is 10.2. The highest BCUT2D eigenvalue weighted by Gasteiger charge is 2.35. The fraction of sp³-hybridized carbons (Fsp3) is 0.267. The first-order valence-corrected chi connectivity index (χ1v) is 12.3. The largest absolute Gasteiger partial charge is 0.493 e. The third-order valence-corrected chi connectivity index (χ3v) is 6.70. The number of carbonyl (C=O) groups is 1. The number of rotatable bonds is 9. The van der Waals surface area contributed by atoms with Gasteiger partial charge >= 0.3 is 0 Å². The van der Waals surface area contributed by atoms with Crippen molar-refractivity contribution in [3.8, 4) is 5.75 Å². The molecule has 5 heteroatoms. The SMILES string of the molecule is C=CCc1ccccc1OCCCn1c(C2CC(=O)N(c3ccccc3C)C2)nc2ccccc21. The van der Waals surface area contributed by atoms with Crippen LogP contribution >= 0.6 is 0 Å². The summed E-state index contributed by atoms with van der Waals surface area (Å²) < 4.78 is 8.41. The zero-order valence-corrected chi connectivity index (χ0v) is 20.2. The normalized spacial score (nSPS) is 15.6. The second-order valence-electron chi connectivity index (χ2n) is 9.10. The van der Waals surface area contributed by atoms with Gasteiger partial charge in [-0.3, -0.25) is 4.79 Å². The van der Waals surface area contributed by atoms with Crippen molar-refractivity contribution in [2.24, 2.45) is 0 Å². The number of aryl methyl sites for hydroxylation is 2. The molecule has 1 aliphatic rings. The summed E-state index contributed by atoms with van der Waals surface area (Å²) in [6.07, 6.45) is 4.01. The Kier molecular flexibility index (Phi) is 6.66. The van der Waals surface area contributed by atoms with Crippen LogP contribution in [0.15, 0.2) is 85.5 Å². The lowest BCUT2D eigenvalue weighted by Crippen LogP contribution is -2.25. The number of ether oxygens (including phenoxy) is 1. The van der Waals surface area contributed by atoms with E-state index in [0.29, 0.717) is 19.6 Å². The van der Waals surface area contributed by atoms with Crippen molar-refractivity contribution in [2.75, 3.05) is 18.1 Å². The van der Waals surface area contributed by atoms with Crippen molar-refractivity contribution in [3.63, 3.8) is 0 Å². The van der Waals surface area contributed by atoms with Crippen LogP contribution in [0, 0.1) is 6.92 Å². The molecule has 0 radical (unpaired) electrons. The maximum Gasteiger partial charge on any atom is 0.227 e. The van der Waals surface area contributed by atoms with Gasteiger partial charge in [-0.1, -0.05) is 54.6 Å². The summed E-state index contributed by atoms with van der Waals surface area (Å²) in [5.41, 5.74) is 5.34. The highest BCUT2D eigenvalue weighted by atomic mass is 16.5. The average molecular weight is 466 g/mol. The number of benzene rings is 3. The van der Waals surface area contributed by atoms with Crippen LogP contribution in [-0.4, -0.2) is 28.6 Å². The van der Waals surface area contributed by atoms with Gasteiger partial charge in [-0.05, 0) is 55.2 Å². The van der Waals surface area contributed by atoms with E-state index in [9.17, 15) is 4.79 Å². The molecule has 1 atom stereocenters. The van der Waals surface area contributed by atoms with Gasteiger partial charge in [-0.2, -0.15) is 0 Å². The van der Waals surface area contributed by atoms with Gasteiger partial charge in [-0.15, -0.1) is 6.58 Å². The third kappa shape index (κ3) is 4.72. The number of imidazole rings is 1. The Bertz CT molecular complexity index is 1360. The monoisotopic (exact) mass is 465 g/mol. The first-order valence-electron chi connectivity index (χ1n) is 12.3. The van der Waals surface area contributed by atoms with Crippen molar-refractivity contribution in [3.05, 3.63) is 102 Å². The number of anilines is 1. The van der Waals surface area contributed by atoms with Crippen LogP contribution in [-0.2, 0) is 17.8 Å². The fourth-order valence-electron chi connectivity index (χ4n) is 4.99. The molecule has 1 saturated heterocycles. The van der Waals surface area contributed by atoms with Crippen LogP contribution in [0.25, 0.3) is 11.0 Å². The topological polar surface area (TPSA) is 47.4 Å². The molecule has 3 aromatic carbocycles. The summed E-state index contributed by atoms with van der Waals surface area (Å²) >= 11 is 0. The van der Waals surface area contributed by atoms with Crippen LogP contribution in [0.1, 0.15) is 35.7 Å². The molecule has 2 heterocycles. The Morgan fingerprint density at radius 2 is 1.83 bits per heavy atom. The zero-order valence-electron chi connectivity index (χ0n) is 20.2. The molecule has 1 amide bonds. The molecule has 0 aliphatic carbocycles. The minimum absolute atomic E-state index is 0.0590. The highest BCUT2D eigenvalue weighted by Crippen LogP contribution is 2.34. The standard InChI is InChI=1S/C30H31N3O2/c1-3-11-23-13-5-9-17-28(23)35-19-10-18-32-27-16-8-6-14-25(27)31-30(32)24-20-29(34)33(21-24)26-15-7-4-12-22(26)2/h3-9,12-17,24H,1,10-11,18-21H2,2H3. The molecular weight excluding hydrogens is 434 g/mol. The molecule has 1 unspecified atom stereocenters. The van der Waals surface area contributed by atoms with E-state index in [1.807, 2.05) is 65.6 Å². The molecule has 0 bridgehead atoms. The molecule has 178 valence electrons. The van der Waals surface area contributed by atoms with E-state index in [-0.39, 0.29) is 11.8 Å². The van der Waals surface area contributed by atoms with Gasteiger partial charge < -0.3 is 14.2 Å². The van der Waals surface area contributed by atoms with Crippen molar-refractivity contribution < 1.29 is 9.53 Å². The molecule has 1 fully saturated rings. The van der Waals surface area contributed by atoms with Gasteiger partial charge in [-0.25, -0.2) is 4.98 Å². The lowest BCUT2D eigenvalue weighted by Gasteiger charge is -2.19. The minimum atomic E-state index is 0.0590. The molecule has 0 saturated carbocycles. The molecule has 5 rings (SSSR count). The highest BCUT2D eigenvalue weighted by molar-refractivity contribution is 5.97. The Balaban J connectivity index is 1.34. The summed E-state index contributed by atoms with van der Waals surface area (Å²) in [5, 5.41) is 0. The second-order valence-corrected chi connectivity index (χ2v) is 9.10. The number of para-hydroxylation sites is 4. The first kappa shape index (κ1) is 22.9. The predicted molar refractivity (Wildman–Crippen MR) is 141 cm³/mol. The van der Waals surface area contributed by atoms with Crippen LogP contribution in [0.3, 0.4) is 0 Å². The average Bonchev–Trinajstić information content (AvgIpc) is 3.43. The number of hydrogen-bond acceptors (Lipinski definition) is 3. The smallest absolute Gasteiger partial charge is 0.227 e. The molecule has 0 N–H and O–H groups in total. The molecular formula is C30H31N3O2. The molecule has 4 aromatic rings. The Morgan fingerprint density at radius 3 is 2.69 bits per heavy atom. The lowest BCUT2D eigenvalue weighted by molar-refractivity contribution is -0.117. The van der Waals surface area contributed by atoms with E-state index >= 15 is 0 Å². The number of nitrogens with zero attached hydrogens (tertiary/aromatic N) is 3. The van der Waals surface area contributed by atoms with Gasteiger partial charge in [0.25, 0.3) is 0 Å². The van der Waals surface area contributed by atoms with E-state index in [4.69, 9.17) is 9.72 Å². The molecule has 1 aliphatic heterocycles. The Labute approximate surface area is 206 Å². The quantitative estimate of drug-likeness (QED) is 0.223. The van der Waals surface area contributed by atoms with Gasteiger partial charge in [0.15, 0.2) is 0 Å². The van der Waals surface area contributed by atoms with Crippen LogP contribution < -0.4 is 9.64 Å². The van der Waals surface area contributed by atoms with Gasteiger partial charge in [0.05, 0.1) is 17.6 Å². The fourth-order valence-corrected chi connectivity index (χ4v) is 4.99. The predicted octanol–water partition coefficient (Wildman–Crippen LogP) is 6.06.